The molecule has 1 unspecified atom stereocenters. The average Bonchev–Trinajstić information content (AvgIpc) is 2.27. The first-order valence-corrected chi connectivity index (χ1v) is 6.12. The molecular weight excluding hydrogens is 198 g/mol. The first kappa shape index (κ1) is 11.6. The fraction of sp³-hybridized carbons (Fsp3) is 0.571. The van der Waals surface area contributed by atoms with Crippen LogP contribution < -0.4 is 5.32 Å². The average molecular weight is 219 g/mol. The van der Waals surface area contributed by atoms with E-state index in [1.54, 1.807) is 0 Å². The van der Waals surface area contributed by atoms with Gasteiger partial charge in [-0.3, -0.25) is 0 Å². The molecule has 1 saturated heterocycles. The van der Waals surface area contributed by atoms with E-state index in [0.29, 0.717) is 6.04 Å². The molecule has 1 fully saturated rings. The molecule has 2 rings (SSSR count). The van der Waals surface area contributed by atoms with E-state index < -0.39 is 0 Å². The van der Waals surface area contributed by atoms with Crippen molar-refractivity contribution in [2.45, 2.75) is 32.7 Å². The quantitative estimate of drug-likeness (QED) is 0.841. The molecular formula is C14H21NO. The van der Waals surface area contributed by atoms with Crippen LogP contribution >= 0.6 is 0 Å². The SMILES string of the molecule is Cc1cc(C)cc(CCC2COCCN2)c1. The summed E-state index contributed by atoms with van der Waals surface area (Å²) in [5, 5.41) is 3.49. The van der Waals surface area contributed by atoms with Gasteiger partial charge in [-0.25, -0.2) is 0 Å². The fourth-order valence-electron chi connectivity index (χ4n) is 2.36. The summed E-state index contributed by atoms with van der Waals surface area (Å²) in [6, 6.07) is 7.34. The van der Waals surface area contributed by atoms with E-state index in [0.717, 1.165) is 26.2 Å². The Kier molecular flexibility index (Phi) is 3.97. The molecule has 0 aromatic heterocycles. The van der Waals surface area contributed by atoms with Gasteiger partial charge < -0.3 is 10.1 Å². The lowest BCUT2D eigenvalue weighted by Crippen LogP contribution is -2.41. The van der Waals surface area contributed by atoms with Gasteiger partial charge in [0.1, 0.15) is 0 Å². The predicted molar refractivity (Wildman–Crippen MR) is 66.8 cm³/mol. The number of aryl methyl sites for hydroxylation is 3. The van der Waals surface area contributed by atoms with Crippen LogP contribution in [0.1, 0.15) is 23.1 Å². The van der Waals surface area contributed by atoms with Gasteiger partial charge in [-0.05, 0) is 32.3 Å². The molecule has 1 heterocycles. The van der Waals surface area contributed by atoms with Gasteiger partial charge in [-0.1, -0.05) is 29.3 Å². The molecule has 1 atom stereocenters. The molecule has 0 amide bonds. The lowest BCUT2D eigenvalue weighted by atomic mass is 10.0. The van der Waals surface area contributed by atoms with Crippen molar-refractivity contribution in [3.05, 3.63) is 34.9 Å². The molecule has 0 spiro atoms. The van der Waals surface area contributed by atoms with Gasteiger partial charge in [0, 0.05) is 12.6 Å². The Bertz CT molecular complexity index is 322. The minimum atomic E-state index is 0.537. The highest BCUT2D eigenvalue weighted by Crippen LogP contribution is 2.12. The number of hydrogen-bond donors (Lipinski definition) is 1. The van der Waals surface area contributed by atoms with Gasteiger partial charge in [0.25, 0.3) is 0 Å². The zero-order valence-electron chi connectivity index (χ0n) is 10.3. The highest BCUT2D eigenvalue weighted by molar-refractivity contribution is 5.28. The molecule has 0 aliphatic carbocycles. The molecule has 16 heavy (non-hydrogen) atoms. The first-order valence-electron chi connectivity index (χ1n) is 6.12. The number of morpholine rings is 1. The van der Waals surface area contributed by atoms with Crippen molar-refractivity contribution in [1.29, 1.82) is 0 Å². The van der Waals surface area contributed by atoms with E-state index in [-0.39, 0.29) is 0 Å². The molecule has 0 radical (unpaired) electrons. The largest absolute Gasteiger partial charge is 0.379 e. The first-order chi connectivity index (χ1) is 7.74. The van der Waals surface area contributed by atoms with Gasteiger partial charge in [0.15, 0.2) is 0 Å². The smallest absolute Gasteiger partial charge is 0.0620 e. The summed E-state index contributed by atoms with van der Waals surface area (Å²) in [6.07, 6.45) is 2.31. The van der Waals surface area contributed by atoms with Crippen molar-refractivity contribution in [1.82, 2.24) is 5.32 Å². The monoisotopic (exact) mass is 219 g/mol. The van der Waals surface area contributed by atoms with Crippen LogP contribution in [0.4, 0.5) is 0 Å². The second kappa shape index (κ2) is 5.46. The molecule has 0 bridgehead atoms. The zero-order valence-corrected chi connectivity index (χ0v) is 10.3. The lowest BCUT2D eigenvalue weighted by molar-refractivity contribution is 0.0743. The minimum absolute atomic E-state index is 0.537. The molecule has 1 aromatic carbocycles. The van der Waals surface area contributed by atoms with E-state index in [4.69, 9.17) is 4.74 Å². The van der Waals surface area contributed by atoms with E-state index in [1.807, 2.05) is 0 Å². The van der Waals surface area contributed by atoms with Crippen molar-refractivity contribution in [3.8, 4) is 0 Å². The van der Waals surface area contributed by atoms with Gasteiger partial charge in [0.2, 0.25) is 0 Å². The highest BCUT2D eigenvalue weighted by Gasteiger charge is 2.12. The third-order valence-electron chi connectivity index (χ3n) is 3.06. The highest BCUT2D eigenvalue weighted by atomic mass is 16.5. The third-order valence-corrected chi connectivity index (χ3v) is 3.06. The molecule has 1 aliphatic rings. The van der Waals surface area contributed by atoms with Crippen LogP contribution in [-0.4, -0.2) is 25.8 Å². The van der Waals surface area contributed by atoms with Gasteiger partial charge in [0.05, 0.1) is 13.2 Å². The predicted octanol–water partition coefficient (Wildman–Crippen LogP) is 2.22. The summed E-state index contributed by atoms with van der Waals surface area (Å²) in [5.74, 6) is 0. The fourth-order valence-corrected chi connectivity index (χ4v) is 2.36. The Morgan fingerprint density at radius 3 is 2.62 bits per heavy atom. The molecule has 1 N–H and O–H groups in total. The zero-order chi connectivity index (χ0) is 11.4. The van der Waals surface area contributed by atoms with Crippen molar-refractivity contribution >= 4 is 0 Å². The van der Waals surface area contributed by atoms with Crippen LogP contribution in [0.15, 0.2) is 18.2 Å². The van der Waals surface area contributed by atoms with Gasteiger partial charge in [-0.2, -0.15) is 0 Å². The Hall–Kier alpha value is -0.860. The second-order valence-corrected chi connectivity index (χ2v) is 4.76. The summed E-state index contributed by atoms with van der Waals surface area (Å²) in [7, 11) is 0. The molecule has 88 valence electrons. The van der Waals surface area contributed by atoms with Crippen LogP contribution in [0.2, 0.25) is 0 Å². The topological polar surface area (TPSA) is 21.3 Å². The molecule has 0 saturated carbocycles. The number of rotatable bonds is 3. The van der Waals surface area contributed by atoms with Crippen LogP contribution in [0.3, 0.4) is 0 Å². The standard InChI is InChI=1S/C14H21NO/c1-11-7-12(2)9-13(8-11)3-4-14-10-16-6-5-15-14/h7-9,14-15H,3-6,10H2,1-2H3. The number of ether oxygens (including phenoxy) is 1. The van der Waals surface area contributed by atoms with E-state index >= 15 is 0 Å². The maximum atomic E-state index is 5.46. The van der Waals surface area contributed by atoms with E-state index in [1.165, 1.54) is 23.1 Å². The van der Waals surface area contributed by atoms with Gasteiger partial charge >= 0.3 is 0 Å². The third kappa shape index (κ3) is 3.32. The normalized spacial score (nSPS) is 21.0. The molecule has 1 aliphatic heterocycles. The van der Waals surface area contributed by atoms with Crippen LogP contribution in [0, 0.1) is 13.8 Å². The number of hydrogen-bond acceptors (Lipinski definition) is 2. The Balaban J connectivity index is 1.88. The Labute approximate surface area is 98.0 Å². The maximum absolute atomic E-state index is 5.46. The maximum Gasteiger partial charge on any atom is 0.0620 e. The van der Waals surface area contributed by atoms with Crippen molar-refractivity contribution in [2.24, 2.45) is 0 Å². The summed E-state index contributed by atoms with van der Waals surface area (Å²) in [5.41, 5.74) is 4.18. The minimum Gasteiger partial charge on any atom is -0.379 e. The Morgan fingerprint density at radius 2 is 2.00 bits per heavy atom. The van der Waals surface area contributed by atoms with Crippen LogP contribution in [-0.2, 0) is 11.2 Å². The van der Waals surface area contributed by atoms with Crippen molar-refractivity contribution < 1.29 is 4.74 Å². The van der Waals surface area contributed by atoms with Crippen LogP contribution in [0.25, 0.3) is 0 Å². The number of nitrogens with one attached hydrogen (secondary N) is 1. The van der Waals surface area contributed by atoms with Crippen molar-refractivity contribution in [2.75, 3.05) is 19.8 Å². The summed E-state index contributed by atoms with van der Waals surface area (Å²) in [4.78, 5) is 0. The summed E-state index contributed by atoms with van der Waals surface area (Å²) < 4.78 is 5.46. The van der Waals surface area contributed by atoms with E-state index in [9.17, 15) is 0 Å². The van der Waals surface area contributed by atoms with Crippen LogP contribution in [0.5, 0.6) is 0 Å². The second-order valence-electron chi connectivity index (χ2n) is 4.76. The molecule has 1 aromatic rings. The Morgan fingerprint density at radius 1 is 1.25 bits per heavy atom. The lowest BCUT2D eigenvalue weighted by Gasteiger charge is -2.23. The van der Waals surface area contributed by atoms with E-state index in [2.05, 4.69) is 37.4 Å². The molecule has 2 nitrogen and oxygen atoms in total. The van der Waals surface area contributed by atoms with Gasteiger partial charge in [-0.15, -0.1) is 0 Å². The number of benzene rings is 1. The molecule has 2 heteroatoms. The van der Waals surface area contributed by atoms with Crippen molar-refractivity contribution in [3.63, 3.8) is 0 Å². The summed E-state index contributed by atoms with van der Waals surface area (Å²) >= 11 is 0. The summed E-state index contributed by atoms with van der Waals surface area (Å²) in [6.45, 7) is 7.05.